The highest BCUT2D eigenvalue weighted by Gasteiger charge is 2.36. The Kier molecular flexibility index (Phi) is 10.5. The summed E-state index contributed by atoms with van der Waals surface area (Å²) in [5.41, 5.74) is 0.696. The molecule has 0 fully saturated rings. The highest BCUT2D eigenvalue weighted by molar-refractivity contribution is 6.12. The molecule has 1 heterocycles. The lowest BCUT2D eigenvalue weighted by Crippen LogP contribution is -2.28. The van der Waals surface area contributed by atoms with Crippen molar-refractivity contribution in [2.45, 2.75) is 52.8 Å². The van der Waals surface area contributed by atoms with E-state index in [1.807, 2.05) is 32.0 Å². The minimum Gasteiger partial charge on any atom is -0.490 e. The van der Waals surface area contributed by atoms with Gasteiger partial charge in [0.2, 0.25) is 5.91 Å². The van der Waals surface area contributed by atoms with E-state index in [2.05, 4.69) is 15.6 Å². The van der Waals surface area contributed by atoms with E-state index in [1.54, 1.807) is 39.0 Å². The third-order valence-corrected chi connectivity index (χ3v) is 5.80. The SMILES string of the molecule is COCCOc1cc(NC(=O)OC(C)(C)C)c(NC(=O)CC(=O)c2cccc(-c3cc(C)nc(C)c3)c2)cc1C(F)(F)F. The molecule has 2 aromatic carbocycles. The van der Waals surface area contributed by atoms with Crippen LogP contribution in [0.2, 0.25) is 0 Å². The van der Waals surface area contributed by atoms with Crippen LogP contribution < -0.4 is 15.4 Å². The van der Waals surface area contributed by atoms with Gasteiger partial charge in [-0.2, -0.15) is 13.2 Å². The van der Waals surface area contributed by atoms with Crippen molar-refractivity contribution in [1.82, 2.24) is 4.98 Å². The highest BCUT2D eigenvalue weighted by Crippen LogP contribution is 2.41. The summed E-state index contributed by atoms with van der Waals surface area (Å²) < 4.78 is 57.2. The van der Waals surface area contributed by atoms with E-state index < -0.39 is 53.0 Å². The van der Waals surface area contributed by atoms with Crippen molar-refractivity contribution < 1.29 is 41.8 Å². The second-order valence-corrected chi connectivity index (χ2v) is 10.7. The first kappa shape index (κ1) is 33.1. The third kappa shape index (κ3) is 9.81. The van der Waals surface area contributed by atoms with Gasteiger partial charge in [0.15, 0.2) is 5.78 Å². The molecular weight excluding hydrogens is 567 g/mol. The monoisotopic (exact) mass is 601 g/mol. The van der Waals surface area contributed by atoms with Gasteiger partial charge in [-0.25, -0.2) is 4.79 Å². The number of Topliss-reactive ketones (excluding diaryl/α,β-unsaturated/α-hetero) is 1. The molecule has 0 aliphatic heterocycles. The smallest absolute Gasteiger partial charge is 0.420 e. The van der Waals surface area contributed by atoms with Gasteiger partial charge in [-0.1, -0.05) is 18.2 Å². The van der Waals surface area contributed by atoms with Crippen LogP contribution in [0.1, 0.15) is 54.5 Å². The number of carbonyl (C=O) groups is 3. The van der Waals surface area contributed by atoms with Crippen molar-refractivity contribution in [2.75, 3.05) is 31.0 Å². The van der Waals surface area contributed by atoms with Gasteiger partial charge in [0.25, 0.3) is 0 Å². The number of amides is 2. The molecule has 3 rings (SSSR count). The van der Waals surface area contributed by atoms with Gasteiger partial charge in [-0.05, 0) is 70.0 Å². The lowest BCUT2D eigenvalue weighted by molar-refractivity contribution is -0.139. The molecule has 43 heavy (non-hydrogen) atoms. The van der Waals surface area contributed by atoms with E-state index >= 15 is 0 Å². The maximum absolute atomic E-state index is 14.0. The number of alkyl halides is 3. The zero-order valence-electron chi connectivity index (χ0n) is 24.8. The fourth-order valence-corrected chi connectivity index (χ4v) is 4.09. The Morgan fingerprint density at radius 1 is 0.860 bits per heavy atom. The second kappa shape index (κ2) is 13.7. The van der Waals surface area contributed by atoms with Crippen molar-refractivity contribution in [3.63, 3.8) is 0 Å². The number of pyridine rings is 1. The predicted molar refractivity (Wildman–Crippen MR) is 155 cm³/mol. The van der Waals surface area contributed by atoms with Crippen molar-refractivity contribution in [1.29, 1.82) is 0 Å². The molecular formula is C31H34F3N3O6. The number of carbonyl (C=O) groups excluding carboxylic acids is 3. The Morgan fingerprint density at radius 3 is 2.12 bits per heavy atom. The average molecular weight is 602 g/mol. The van der Waals surface area contributed by atoms with Crippen LogP contribution in [-0.2, 0) is 20.4 Å². The molecule has 3 aromatic rings. The van der Waals surface area contributed by atoms with Gasteiger partial charge in [0.1, 0.15) is 18.0 Å². The number of methoxy groups -OCH3 is 1. The fourth-order valence-electron chi connectivity index (χ4n) is 4.09. The van der Waals surface area contributed by atoms with Crippen molar-refractivity contribution >= 4 is 29.2 Å². The highest BCUT2D eigenvalue weighted by atomic mass is 19.4. The predicted octanol–water partition coefficient (Wildman–Crippen LogP) is 6.97. The number of ketones is 1. The van der Waals surface area contributed by atoms with E-state index in [9.17, 15) is 27.6 Å². The van der Waals surface area contributed by atoms with Gasteiger partial charge in [-0.15, -0.1) is 0 Å². The summed E-state index contributed by atoms with van der Waals surface area (Å²) in [5.74, 6) is -2.04. The Bertz CT molecular complexity index is 1480. The summed E-state index contributed by atoms with van der Waals surface area (Å²) in [5, 5.41) is 4.69. The quantitative estimate of drug-likeness (QED) is 0.147. The van der Waals surface area contributed by atoms with Gasteiger partial charge in [0, 0.05) is 30.1 Å². The molecule has 1 aromatic heterocycles. The number of aromatic nitrogens is 1. The van der Waals surface area contributed by atoms with Gasteiger partial charge < -0.3 is 19.5 Å². The first-order chi connectivity index (χ1) is 20.1. The summed E-state index contributed by atoms with van der Waals surface area (Å²) in [6.45, 7) is 8.34. The molecule has 0 spiro atoms. The molecule has 0 aliphatic rings. The maximum atomic E-state index is 14.0. The van der Waals surface area contributed by atoms with E-state index in [0.29, 0.717) is 6.07 Å². The number of rotatable bonds is 10. The lowest BCUT2D eigenvalue weighted by Gasteiger charge is -2.22. The van der Waals surface area contributed by atoms with Crippen molar-refractivity contribution in [3.05, 3.63) is 71.0 Å². The normalized spacial score (nSPS) is 11.6. The van der Waals surface area contributed by atoms with Crippen LogP contribution in [-0.4, -0.2) is 48.7 Å². The summed E-state index contributed by atoms with van der Waals surface area (Å²) in [6.07, 6.45) is -6.51. The Hall–Kier alpha value is -4.45. The topological polar surface area (TPSA) is 116 Å². The number of benzene rings is 2. The number of anilines is 2. The Morgan fingerprint density at radius 2 is 1.51 bits per heavy atom. The summed E-state index contributed by atoms with van der Waals surface area (Å²) >= 11 is 0. The molecule has 2 amide bonds. The van der Waals surface area contributed by atoms with E-state index in [-0.39, 0.29) is 24.5 Å². The number of nitrogens with one attached hydrogen (secondary N) is 2. The minimum absolute atomic E-state index is 0.00823. The summed E-state index contributed by atoms with van der Waals surface area (Å²) in [7, 11) is 1.36. The molecule has 12 heteroatoms. The van der Waals surface area contributed by atoms with E-state index in [0.717, 1.165) is 28.6 Å². The van der Waals surface area contributed by atoms with Crippen LogP contribution in [0.3, 0.4) is 0 Å². The van der Waals surface area contributed by atoms with Gasteiger partial charge in [-0.3, -0.25) is 19.9 Å². The molecule has 0 bridgehead atoms. The zero-order chi connectivity index (χ0) is 31.9. The van der Waals surface area contributed by atoms with Crippen LogP contribution in [0.15, 0.2) is 48.5 Å². The summed E-state index contributed by atoms with van der Waals surface area (Å²) in [4.78, 5) is 42.8. The van der Waals surface area contributed by atoms with Crippen LogP contribution in [0.5, 0.6) is 5.75 Å². The van der Waals surface area contributed by atoms with Crippen LogP contribution >= 0.6 is 0 Å². The van der Waals surface area contributed by atoms with Crippen molar-refractivity contribution in [3.8, 4) is 16.9 Å². The third-order valence-electron chi connectivity index (χ3n) is 5.80. The molecule has 0 radical (unpaired) electrons. The number of nitrogens with zero attached hydrogens (tertiary/aromatic N) is 1. The van der Waals surface area contributed by atoms with Gasteiger partial charge in [0.05, 0.1) is 30.0 Å². The number of ether oxygens (including phenoxy) is 3. The number of hydrogen-bond acceptors (Lipinski definition) is 7. The van der Waals surface area contributed by atoms with E-state index in [4.69, 9.17) is 14.2 Å². The molecule has 9 nitrogen and oxygen atoms in total. The molecule has 0 saturated heterocycles. The first-order valence-electron chi connectivity index (χ1n) is 13.3. The first-order valence-corrected chi connectivity index (χ1v) is 13.3. The fraction of sp³-hybridized carbons (Fsp3) is 0.355. The zero-order valence-corrected chi connectivity index (χ0v) is 24.8. The Balaban J connectivity index is 1.90. The summed E-state index contributed by atoms with van der Waals surface area (Å²) in [6, 6.07) is 12.0. The number of aryl methyl sites for hydroxylation is 2. The Labute approximate surface area is 247 Å². The van der Waals surface area contributed by atoms with Crippen molar-refractivity contribution in [2.24, 2.45) is 0 Å². The molecule has 230 valence electrons. The average Bonchev–Trinajstić information content (AvgIpc) is 2.87. The minimum atomic E-state index is -4.87. The number of halogens is 3. The number of hydrogen-bond donors (Lipinski definition) is 2. The van der Waals surface area contributed by atoms with E-state index in [1.165, 1.54) is 7.11 Å². The molecule has 0 aliphatic carbocycles. The standard InChI is InChI=1S/C31H34F3N3O6/c1-18-12-22(13-19(2)35-18)20-8-7-9-21(14-20)26(38)17-28(39)36-24-15-23(31(32,33)34)27(42-11-10-41-6)16-25(24)37-29(40)43-30(3,4)5/h7-9,12-16H,10-11,17H2,1-6H3,(H,36,39)(H,37,40). The molecule has 0 saturated carbocycles. The molecule has 0 atom stereocenters. The van der Waals surface area contributed by atoms with Crippen LogP contribution in [0, 0.1) is 13.8 Å². The molecule has 2 N–H and O–H groups in total. The largest absolute Gasteiger partial charge is 0.490 e. The van der Waals surface area contributed by atoms with Gasteiger partial charge >= 0.3 is 12.3 Å². The van der Waals surface area contributed by atoms with Crippen LogP contribution in [0.4, 0.5) is 29.3 Å². The lowest BCUT2D eigenvalue weighted by atomic mass is 9.99. The van der Waals surface area contributed by atoms with Crippen LogP contribution in [0.25, 0.3) is 11.1 Å². The second-order valence-electron chi connectivity index (χ2n) is 10.7. The maximum Gasteiger partial charge on any atom is 0.420 e. The molecule has 0 unspecified atom stereocenters.